The summed E-state index contributed by atoms with van der Waals surface area (Å²) in [6.07, 6.45) is 3.39. The fourth-order valence-corrected chi connectivity index (χ4v) is 4.00. The van der Waals surface area contributed by atoms with Crippen LogP contribution in [-0.2, 0) is 21.6 Å². The maximum absolute atomic E-state index is 12.5. The number of rotatable bonds is 3. The third-order valence-corrected chi connectivity index (χ3v) is 5.32. The smallest absolute Gasteiger partial charge is 0.222 e. The molecule has 1 spiro atoms. The van der Waals surface area contributed by atoms with E-state index in [1.807, 2.05) is 41.4 Å². The van der Waals surface area contributed by atoms with Crippen LogP contribution in [0.5, 0.6) is 0 Å². The Labute approximate surface area is 154 Å². The van der Waals surface area contributed by atoms with E-state index in [-0.39, 0.29) is 11.3 Å². The molecule has 1 aromatic carbocycles. The second-order valence-electron chi connectivity index (χ2n) is 7.87. The third kappa shape index (κ3) is 3.12. The van der Waals surface area contributed by atoms with Crippen molar-refractivity contribution in [2.45, 2.75) is 38.7 Å². The molecule has 4 rings (SSSR count). The molecule has 2 aromatic rings. The highest BCUT2D eigenvalue weighted by Crippen LogP contribution is 2.39. The van der Waals surface area contributed by atoms with Crippen molar-refractivity contribution in [3.63, 3.8) is 0 Å². The first kappa shape index (κ1) is 17.2. The predicted molar refractivity (Wildman–Crippen MR) is 99.5 cm³/mol. The molecular formula is C21H25N3O2. The van der Waals surface area contributed by atoms with Crippen LogP contribution in [0.25, 0.3) is 11.4 Å². The van der Waals surface area contributed by atoms with E-state index < -0.39 is 0 Å². The molecule has 1 aromatic heterocycles. The van der Waals surface area contributed by atoms with E-state index in [0.29, 0.717) is 32.1 Å². The standard InChI is InChI=1S/C21H25N3O2/c1-15(2)10-18(25)24-9-8-21(13-24)14-26-12-17-11-22-20(23-19(17)21)16-6-4-3-5-7-16/h3-7,11,15H,8-10,12-14H2,1-2H3. The first-order chi connectivity index (χ1) is 12.6. The molecule has 1 amide bonds. The van der Waals surface area contributed by atoms with E-state index in [4.69, 9.17) is 9.72 Å². The summed E-state index contributed by atoms with van der Waals surface area (Å²) in [5.41, 5.74) is 2.93. The lowest BCUT2D eigenvalue weighted by atomic mass is 9.80. The largest absolute Gasteiger partial charge is 0.376 e. The molecule has 1 atom stereocenters. The van der Waals surface area contributed by atoms with Crippen LogP contribution in [0.1, 0.15) is 37.9 Å². The van der Waals surface area contributed by atoms with E-state index in [2.05, 4.69) is 18.8 Å². The van der Waals surface area contributed by atoms with Crippen LogP contribution < -0.4 is 0 Å². The van der Waals surface area contributed by atoms with Crippen molar-refractivity contribution in [3.05, 3.63) is 47.8 Å². The lowest BCUT2D eigenvalue weighted by Gasteiger charge is -2.34. The van der Waals surface area contributed by atoms with Gasteiger partial charge in [0.2, 0.25) is 5.91 Å². The summed E-state index contributed by atoms with van der Waals surface area (Å²) in [5, 5.41) is 0. The van der Waals surface area contributed by atoms with Crippen molar-refractivity contribution >= 4 is 5.91 Å². The second kappa shape index (κ2) is 6.80. The van der Waals surface area contributed by atoms with Crippen molar-refractivity contribution in [1.82, 2.24) is 14.9 Å². The van der Waals surface area contributed by atoms with Gasteiger partial charge >= 0.3 is 0 Å². The van der Waals surface area contributed by atoms with E-state index in [0.717, 1.165) is 35.6 Å². The molecule has 136 valence electrons. The van der Waals surface area contributed by atoms with Gasteiger partial charge in [0.25, 0.3) is 0 Å². The van der Waals surface area contributed by atoms with Gasteiger partial charge in [-0.15, -0.1) is 0 Å². The van der Waals surface area contributed by atoms with Crippen molar-refractivity contribution in [3.8, 4) is 11.4 Å². The average molecular weight is 351 g/mol. The molecule has 0 radical (unpaired) electrons. The highest BCUT2D eigenvalue weighted by Gasteiger charge is 2.46. The first-order valence-corrected chi connectivity index (χ1v) is 9.35. The molecule has 0 N–H and O–H groups in total. The van der Waals surface area contributed by atoms with Crippen LogP contribution in [0.3, 0.4) is 0 Å². The molecule has 1 fully saturated rings. The van der Waals surface area contributed by atoms with Gasteiger partial charge in [0, 0.05) is 36.8 Å². The molecule has 2 aliphatic heterocycles. The number of hydrogen-bond acceptors (Lipinski definition) is 4. The summed E-state index contributed by atoms with van der Waals surface area (Å²) < 4.78 is 5.87. The number of nitrogens with zero attached hydrogens (tertiary/aromatic N) is 3. The molecule has 1 saturated heterocycles. The number of carbonyl (C=O) groups excluding carboxylic acids is 1. The van der Waals surface area contributed by atoms with Crippen LogP contribution in [-0.4, -0.2) is 40.5 Å². The predicted octanol–water partition coefficient (Wildman–Crippen LogP) is 3.19. The van der Waals surface area contributed by atoms with E-state index in [1.54, 1.807) is 0 Å². The monoisotopic (exact) mass is 351 g/mol. The number of fused-ring (bicyclic) bond motifs is 2. The summed E-state index contributed by atoms with van der Waals surface area (Å²) in [4.78, 5) is 24.0. The summed E-state index contributed by atoms with van der Waals surface area (Å²) in [6.45, 7) is 6.81. The van der Waals surface area contributed by atoms with Crippen LogP contribution >= 0.6 is 0 Å². The molecule has 2 aliphatic rings. The van der Waals surface area contributed by atoms with Gasteiger partial charge in [-0.05, 0) is 12.3 Å². The molecule has 0 aliphatic carbocycles. The van der Waals surface area contributed by atoms with Crippen LogP contribution in [0.4, 0.5) is 0 Å². The minimum Gasteiger partial charge on any atom is -0.376 e. The van der Waals surface area contributed by atoms with Crippen LogP contribution in [0.2, 0.25) is 0 Å². The lowest BCUT2D eigenvalue weighted by molar-refractivity contribution is -0.131. The summed E-state index contributed by atoms with van der Waals surface area (Å²) in [5.74, 6) is 1.36. The average Bonchev–Trinajstić information content (AvgIpc) is 3.07. The molecular weight excluding hydrogens is 326 g/mol. The number of benzene rings is 1. The van der Waals surface area contributed by atoms with Gasteiger partial charge in [0.05, 0.1) is 24.3 Å². The zero-order chi connectivity index (χ0) is 18.1. The number of amides is 1. The molecule has 0 saturated carbocycles. The summed E-state index contributed by atoms with van der Waals surface area (Å²) >= 11 is 0. The zero-order valence-corrected chi connectivity index (χ0v) is 15.4. The van der Waals surface area contributed by atoms with Gasteiger partial charge in [0.1, 0.15) is 0 Å². The third-order valence-electron chi connectivity index (χ3n) is 5.32. The highest BCUT2D eigenvalue weighted by atomic mass is 16.5. The molecule has 0 bridgehead atoms. The van der Waals surface area contributed by atoms with Crippen molar-refractivity contribution in [2.75, 3.05) is 19.7 Å². The Bertz CT molecular complexity index is 806. The normalized spacial score (nSPS) is 22.0. The maximum Gasteiger partial charge on any atom is 0.222 e. The Hall–Kier alpha value is -2.27. The van der Waals surface area contributed by atoms with Gasteiger partial charge < -0.3 is 9.64 Å². The number of carbonyl (C=O) groups is 1. The van der Waals surface area contributed by atoms with Gasteiger partial charge in [0.15, 0.2) is 5.82 Å². The van der Waals surface area contributed by atoms with Crippen LogP contribution in [0.15, 0.2) is 36.5 Å². The summed E-state index contributed by atoms with van der Waals surface area (Å²) in [6, 6.07) is 10.0. The molecule has 1 unspecified atom stereocenters. The van der Waals surface area contributed by atoms with Crippen molar-refractivity contribution < 1.29 is 9.53 Å². The SMILES string of the molecule is CC(C)CC(=O)N1CCC2(COCc3cnc(-c4ccccc4)nc32)C1. The number of aromatic nitrogens is 2. The molecule has 5 nitrogen and oxygen atoms in total. The fourth-order valence-electron chi connectivity index (χ4n) is 4.00. The topological polar surface area (TPSA) is 55.3 Å². The Morgan fingerprint density at radius 2 is 2.12 bits per heavy atom. The van der Waals surface area contributed by atoms with Gasteiger partial charge in [-0.25, -0.2) is 9.97 Å². The van der Waals surface area contributed by atoms with E-state index in [9.17, 15) is 4.79 Å². The van der Waals surface area contributed by atoms with Crippen LogP contribution in [0, 0.1) is 5.92 Å². The molecule has 5 heteroatoms. The second-order valence-corrected chi connectivity index (χ2v) is 7.87. The van der Waals surface area contributed by atoms with Gasteiger partial charge in [-0.1, -0.05) is 44.2 Å². The Kier molecular flexibility index (Phi) is 4.49. The Balaban J connectivity index is 1.66. The lowest BCUT2D eigenvalue weighted by Crippen LogP contribution is -2.41. The maximum atomic E-state index is 12.5. The van der Waals surface area contributed by atoms with Gasteiger partial charge in [-0.2, -0.15) is 0 Å². The van der Waals surface area contributed by atoms with E-state index in [1.165, 1.54) is 0 Å². The Morgan fingerprint density at radius 3 is 2.88 bits per heavy atom. The fraction of sp³-hybridized carbons (Fsp3) is 0.476. The zero-order valence-electron chi connectivity index (χ0n) is 15.4. The quantitative estimate of drug-likeness (QED) is 0.852. The molecule has 26 heavy (non-hydrogen) atoms. The van der Waals surface area contributed by atoms with Crippen molar-refractivity contribution in [1.29, 1.82) is 0 Å². The Morgan fingerprint density at radius 1 is 1.31 bits per heavy atom. The number of hydrogen-bond donors (Lipinski definition) is 0. The minimum atomic E-state index is -0.202. The highest BCUT2D eigenvalue weighted by molar-refractivity contribution is 5.77. The summed E-state index contributed by atoms with van der Waals surface area (Å²) in [7, 11) is 0. The van der Waals surface area contributed by atoms with Gasteiger partial charge in [-0.3, -0.25) is 4.79 Å². The van der Waals surface area contributed by atoms with E-state index >= 15 is 0 Å². The minimum absolute atomic E-state index is 0.202. The number of ether oxygens (including phenoxy) is 1. The number of likely N-dealkylation sites (tertiary alicyclic amines) is 1. The first-order valence-electron chi connectivity index (χ1n) is 9.35. The molecule has 3 heterocycles. The van der Waals surface area contributed by atoms with Crippen molar-refractivity contribution in [2.24, 2.45) is 5.92 Å².